The first-order valence-electron chi connectivity index (χ1n) is 18.4. The molecule has 0 spiro atoms. The molecule has 3 aromatic carbocycles. The Hall–Kier alpha value is -4.23. The number of fused-ring (bicyclic) bond motifs is 3. The number of hydrogen-bond donors (Lipinski definition) is 0. The van der Waals surface area contributed by atoms with Gasteiger partial charge in [0.25, 0.3) is 0 Å². The maximum absolute atomic E-state index is 14.1. The van der Waals surface area contributed by atoms with Crippen LogP contribution in [-0.2, 0) is 39.5 Å². The summed E-state index contributed by atoms with van der Waals surface area (Å²) >= 11 is 0. The molecule has 0 aliphatic carbocycles. The number of nitrogens with zero attached hydrogens (tertiary/aromatic N) is 5. The van der Waals surface area contributed by atoms with Crippen LogP contribution in [0, 0.1) is 6.92 Å². The Bertz CT molecular complexity index is 2180. The van der Waals surface area contributed by atoms with E-state index in [0.717, 1.165) is 75.1 Å². The van der Waals surface area contributed by atoms with Crippen molar-refractivity contribution < 1.29 is 27.4 Å². The third-order valence-corrected chi connectivity index (χ3v) is 12.6. The second kappa shape index (κ2) is 15.4. The first kappa shape index (κ1) is 36.1. The van der Waals surface area contributed by atoms with Gasteiger partial charge in [-0.05, 0) is 56.5 Å². The molecule has 276 valence electrons. The van der Waals surface area contributed by atoms with Gasteiger partial charge >= 0.3 is 5.97 Å². The maximum atomic E-state index is 14.1. The molecule has 0 amide bonds. The summed E-state index contributed by atoms with van der Waals surface area (Å²) in [5.74, 6) is 0.365. The fourth-order valence-electron chi connectivity index (χ4n) is 7.91. The average molecular weight is 728 g/mol. The van der Waals surface area contributed by atoms with Crippen molar-refractivity contribution >= 4 is 37.7 Å². The molecular formula is C40H49N5O6S. The monoisotopic (exact) mass is 727 g/mol. The van der Waals surface area contributed by atoms with E-state index in [0.29, 0.717) is 57.7 Å². The van der Waals surface area contributed by atoms with Crippen LogP contribution in [0.1, 0.15) is 59.7 Å². The number of aromatic nitrogens is 3. The van der Waals surface area contributed by atoms with Crippen LogP contribution >= 0.6 is 0 Å². The van der Waals surface area contributed by atoms with Crippen LogP contribution in [0.3, 0.4) is 0 Å². The van der Waals surface area contributed by atoms with Gasteiger partial charge in [-0.1, -0.05) is 54.6 Å². The van der Waals surface area contributed by atoms with E-state index in [9.17, 15) is 13.2 Å². The molecule has 5 aromatic rings. The molecule has 0 bridgehead atoms. The van der Waals surface area contributed by atoms with Crippen molar-refractivity contribution in [1.82, 2.24) is 23.6 Å². The number of para-hydroxylation sites is 1. The average Bonchev–Trinajstić information content (AvgIpc) is 3.62. The van der Waals surface area contributed by atoms with E-state index in [1.54, 1.807) is 14.0 Å². The highest BCUT2D eigenvalue weighted by molar-refractivity contribution is 7.89. The Balaban J connectivity index is 1.32. The van der Waals surface area contributed by atoms with Crippen molar-refractivity contribution in [3.63, 3.8) is 0 Å². The molecule has 7 rings (SSSR count). The lowest BCUT2D eigenvalue weighted by atomic mass is 9.95. The summed E-state index contributed by atoms with van der Waals surface area (Å²) in [6.07, 6.45) is 2.17. The number of sulfonamides is 1. The second-order valence-corrected chi connectivity index (χ2v) is 15.9. The van der Waals surface area contributed by atoms with E-state index in [-0.39, 0.29) is 12.4 Å². The van der Waals surface area contributed by atoms with Gasteiger partial charge in [-0.2, -0.15) is 9.40 Å². The van der Waals surface area contributed by atoms with Gasteiger partial charge in [0.1, 0.15) is 11.4 Å². The van der Waals surface area contributed by atoms with Gasteiger partial charge in [0.15, 0.2) is 0 Å². The zero-order valence-electron chi connectivity index (χ0n) is 30.6. The minimum Gasteiger partial charge on any atom is -0.493 e. The lowest BCUT2D eigenvalue weighted by Gasteiger charge is -2.31. The first-order chi connectivity index (χ1) is 25.2. The first-order valence-corrected chi connectivity index (χ1v) is 20.0. The van der Waals surface area contributed by atoms with Crippen LogP contribution in [0.15, 0.2) is 60.7 Å². The van der Waals surface area contributed by atoms with Gasteiger partial charge < -0.3 is 18.8 Å². The Morgan fingerprint density at radius 2 is 1.73 bits per heavy atom. The molecule has 2 aliphatic rings. The molecule has 0 radical (unpaired) electrons. The Morgan fingerprint density at radius 1 is 0.981 bits per heavy atom. The summed E-state index contributed by atoms with van der Waals surface area (Å²) in [5.41, 5.74) is 5.77. The molecule has 4 heterocycles. The van der Waals surface area contributed by atoms with Gasteiger partial charge in [-0.3, -0.25) is 9.58 Å². The van der Waals surface area contributed by atoms with Crippen molar-refractivity contribution in [2.75, 3.05) is 58.9 Å². The van der Waals surface area contributed by atoms with Crippen LogP contribution in [-0.4, -0.2) is 96.8 Å². The number of rotatable bonds is 10. The van der Waals surface area contributed by atoms with Gasteiger partial charge in [0, 0.05) is 67.9 Å². The predicted molar refractivity (Wildman–Crippen MR) is 203 cm³/mol. The Morgan fingerprint density at radius 3 is 2.54 bits per heavy atom. The molecule has 1 atom stereocenters. The Kier molecular flexibility index (Phi) is 10.7. The van der Waals surface area contributed by atoms with Crippen LogP contribution in [0.25, 0.3) is 32.8 Å². The topological polar surface area (TPSA) is 108 Å². The summed E-state index contributed by atoms with van der Waals surface area (Å²) in [4.78, 5) is 16.3. The number of aryl methyl sites for hydroxylation is 3. The summed E-state index contributed by atoms with van der Waals surface area (Å²) in [6.45, 7) is 8.57. The zero-order chi connectivity index (χ0) is 36.4. The fourth-order valence-corrected chi connectivity index (χ4v) is 9.28. The minimum absolute atomic E-state index is 0.0585. The van der Waals surface area contributed by atoms with Crippen molar-refractivity contribution in [2.45, 2.75) is 52.1 Å². The maximum Gasteiger partial charge on any atom is 0.355 e. The number of carbonyl (C=O) groups excluding carboxylic acids is 1. The van der Waals surface area contributed by atoms with E-state index in [1.807, 2.05) is 53.6 Å². The summed E-state index contributed by atoms with van der Waals surface area (Å²) in [5, 5.41) is 8.17. The normalized spacial score (nSPS) is 18.3. The quantitative estimate of drug-likeness (QED) is 0.125. The highest BCUT2D eigenvalue weighted by Crippen LogP contribution is 2.42. The van der Waals surface area contributed by atoms with E-state index in [4.69, 9.17) is 19.3 Å². The molecule has 0 N–H and O–H groups in total. The van der Waals surface area contributed by atoms with Crippen LogP contribution in [0.2, 0.25) is 0 Å². The molecule has 1 saturated heterocycles. The van der Waals surface area contributed by atoms with Gasteiger partial charge in [0.05, 0.1) is 49.4 Å². The lowest BCUT2D eigenvalue weighted by Crippen LogP contribution is -2.40. The SMILES string of the molecule is CCOC(=O)c1c(CCCOc2cccc3ccccc23)c2cccc3c2n1CCCS(=O)(=O)N(C)C(CCN1CCOCC1)c1nn(C)c(C)c1-3. The number of esters is 1. The highest BCUT2D eigenvalue weighted by atomic mass is 32.2. The van der Waals surface area contributed by atoms with Crippen LogP contribution in [0.4, 0.5) is 0 Å². The molecule has 12 heteroatoms. The summed E-state index contributed by atoms with van der Waals surface area (Å²) < 4.78 is 51.1. The number of benzene rings is 3. The van der Waals surface area contributed by atoms with Crippen LogP contribution < -0.4 is 4.74 Å². The van der Waals surface area contributed by atoms with E-state index in [1.165, 1.54) is 4.31 Å². The number of hydrogen-bond acceptors (Lipinski definition) is 8. The smallest absolute Gasteiger partial charge is 0.355 e. The molecular weight excluding hydrogens is 679 g/mol. The molecule has 1 unspecified atom stereocenters. The van der Waals surface area contributed by atoms with Crippen molar-refractivity contribution in [2.24, 2.45) is 7.05 Å². The molecule has 52 heavy (non-hydrogen) atoms. The van der Waals surface area contributed by atoms with Crippen molar-refractivity contribution in [1.29, 1.82) is 0 Å². The number of morpholine rings is 1. The number of ether oxygens (including phenoxy) is 3. The largest absolute Gasteiger partial charge is 0.493 e. The molecule has 2 aromatic heterocycles. The van der Waals surface area contributed by atoms with Gasteiger partial charge in [-0.15, -0.1) is 0 Å². The van der Waals surface area contributed by atoms with E-state index >= 15 is 0 Å². The molecule has 0 saturated carbocycles. The van der Waals surface area contributed by atoms with Crippen molar-refractivity contribution in [3.05, 3.63) is 83.3 Å². The summed E-state index contributed by atoms with van der Waals surface area (Å²) in [6, 6.07) is 19.9. The fraction of sp³-hybridized carbons (Fsp3) is 0.450. The molecule has 1 fully saturated rings. The summed E-state index contributed by atoms with van der Waals surface area (Å²) in [7, 11) is -0.0852. The van der Waals surface area contributed by atoms with E-state index < -0.39 is 22.0 Å². The zero-order valence-corrected chi connectivity index (χ0v) is 31.5. The molecule has 11 nitrogen and oxygen atoms in total. The standard InChI is InChI=1S/C40H49N5O6S/c1-5-50-40(46)39-32(17-10-24-51-35-18-8-13-29-12-6-7-14-30(29)35)31-15-9-16-33-36-28(2)42(3)41-37(36)34(19-21-44-22-25-49-26-23-44)43(4)52(47,48)27-11-20-45(39)38(31)33/h6-9,12-16,18,34H,5,10-11,17,19-27H2,1-4H3. The highest BCUT2D eigenvalue weighted by Gasteiger charge is 2.35. The third kappa shape index (κ3) is 6.96. The van der Waals surface area contributed by atoms with Crippen molar-refractivity contribution in [3.8, 4) is 16.9 Å². The predicted octanol–water partition coefficient (Wildman–Crippen LogP) is 6.12. The van der Waals surface area contributed by atoms with Crippen LogP contribution in [0.5, 0.6) is 5.75 Å². The second-order valence-electron chi connectivity index (χ2n) is 13.7. The van der Waals surface area contributed by atoms with Gasteiger partial charge in [0.2, 0.25) is 10.0 Å². The van der Waals surface area contributed by atoms with E-state index in [2.05, 4.69) is 35.2 Å². The Labute approximate surface area is 306 Å². The molecule has 2 aliphatic heterocycles. The van der Waals surface area contributed by atoms with Gasteiger partial charge in [-0.25, -0.2) is 13.2 Å². The number of carbonyl (C=O) groups is 1. The lowest BCUT2D eigenvalue weighted by molar-refractivity contribution is 0.0351. The minimum atomic E-state index is -3.68. The third-order valence-electron chi connectivity index (χ3n) is 10.7.